The highest BCUT2D eigenvalue weighted by Crippen LogP contribution is 2.38. The van der Waals surface area contributed by atoms with E-state index >= 15 is 0 Å². The van der Waals surface area contributed by atoms with Crippen molar-refractivity contribution in [1.29, 1.82) is 0 Å². The molecule has 4 heteroatoms. The standard InChI is InChI=1S/C15H16N2S2/c1-10-7-11(2)17-15(16-10)18-9-13-8-12-5-3-4-6-14(12)19-13/h3-7,13H,8-9H2,1-2H3. The molecule has 2 aromatic rings. The first-order chi connectivity index (χ1) is 9.20. The lowest BCUT2D eigenvalue weighted by molar-refractivity contribution is 0.895. The summed E-state index contributed by atoms with van der Waals surface area (Å²) in [5.41, 5.74) is 3.59. The molecule has 2 heterocycles. The van der Waals surface area contributed by atoms with Crippen LogP contribution in [0.25, 0.3) is 0 Å². The first-order valence-electron chi connectivity index (χ1n) is 6.40. The molecular formula is C15H16N2S2. The first-order valence-corrected chi connectivity index (χ1v) is 8.27. The predicted octanol–water partition coefficient (Wildman–Crippen LogP) is 3.90. The Hall–Kier alpha value is -1.00. The van der Waals surface area contributed by atoms with E-state index in [0.717, 1.165) is 22.3 Å². The molecule has 1 aromatic carbocycles. The van der Waals surface area contributed by atoms with Crippen molar-refractivity contribution in [3.05, 3.63) is 47.3 Å². The summed E-state index contributed by atoms with van der Waals surface area (Å²) in [7, 11) is 0. The van der Waals surface area contributed by atoms with Gasteiger partial charge in [-0.1, -0.05) is 30.0 Å². The second kappa shape index (κ2) is 5.55. The summed E-state index contributed by atoms with van der Waals surface area (Å²) >= 11 is 3.76. The lowest BCUT2D eigenvalue weighted by atomic mass is 10.1. The highest BCUT2D eigenvalue weighted by atomic mass is 32.2. The van der Waals surface area contributed by atoms with Crippen molar-refractivity contribution in [3.63, 3.8) is 0 Å². The summed E-state index contributed by atoms with van der Waals surface area (Å²) in [5.74, 6) is 1.07. The highest BCUT2D eigenvalue weighted by Gasteiger charge is 2.22. The Kier molecular flexibility index (Phi) is 3.80. The molecule has 0 bridgehead atoms. The minimum atomic E-state index is 0.645. The van der Waals surface area contributed by atoms with Gasteiger partial charge < -0.3 is 0 Å². The van der Waals surface area contributed by atoms with Crippen molar-refractivity contribution >= 4 is 23.5 Å². The van der Waals surface area contributed by atoms with Gasteiger partial charge in [-0.15, -0.1) is 11.8 Å². The van der Waals surface area contributed by atoms with Crippen LogP contribution in [-0.4, -0.2) is 21.0 Å². The van der Waals surface area contributed by atoms with E-state index in [4.69, 9.17) is 0 Å². The monoisotopic (exact) mass is 288 g/mol. The average molecular weight is 288 g/mol. The number of hydrogen-bond acceptors (Lipinski definition) is 4. The molecule has 0 saturated carbocycles. The zero-order valence-corrected chi connectivity index (χ0v) is 12.7. The van der Waals surface area contributed by atoms with Crippen LogP contribution in [0.2, 0.25) is 0 Å². The first kappa shape index (κ1) is 13.0. The minimum Gasteiger partial charge on any atom is -0.228 e. The van der Waals surface area contributed by atoms with E-state index in [2.05, 4.69) is 34.2 Å². The Morgan fingerprint density at radius 2 is 1.95 bits per heavy atom. The van der Waals surface area contributed by atoms with Gasteiger partial charge in [0.15, 0.2) is 5.16 Å². The summed E-state index contributed by atoms with van der Waals surface area (Å²) < 4.78 is 0. The van der Waals surface area contributed by atoms with Crippen LogP contribution in [-0.2, 0) is 6.42 Å². The second-order valence-corrected chi connectivity index (χ2v) is 7.13. The van der Waals surface area contributed by atoms with Crippen LogP contribution >= 0.6 is 23.5 Å². The van der Waals surface area contributed by atoms with E-state index in [9.17, 15) is 0 Å². The maximum Gasteiger partial charge on any atom is 0.188 e. The SMILES string of the molecule is Cc1cc(C)nc(SCC2Cc3ccccc3S2)n1. The molecule has 0 amide bonds. The number of benzene rings is 1. The second-order valence-electron chi connectivity index (χ2n) is 4.80. The molecule has 98 valence electrons. The van der Waals surface area contributed by atoms with Gasteiger partial charge >= 0.3 is 0 Å². The minimum absolute atomic E-state index is 0.645. The molecule has 19 heavy (non-hydrogen) atoms. The quantitative estimate of drug-likeness (QED) is 0.632. The number of thioether (sulfide) groups is 2. The molecule has 0 N–H and O–H groups in total. The number of aryl methyl sites for hydroxylation is 2. The van der Waals surface area contributed by atoms with Crippen molar-refractivity contribution in [2.24, 2.45) is 0 Å². The molecule has 3 rings (SSSR count). The predicted molar refractivity (Wildman–Crippen MR) is 82.0 cm³/mol. The molecule has 1 atom stereocenters. The van der Waals surface area contributed by atoms with Gasteiger partial charge in [0, 0.05) is 27.3 Å². The maximum absolute atomic E-state index is 4.49. The largest absolute Gasteiger partial charge is 0.228 e. The third-order valence-corrected chi connectivity index (χ3v) is 5.61. The number of rotatable bonds is 3. The Labute approximate surface area is 122 Å². The Balaban J connectivity index is 1.62. The summed E-state index contributed by atoms with van der Waals surface area (Å²) in [6.45, 7) is 4.05. The van der Waals surface area contributed by atoms with E-state index in [0.29, 0.717) is 5.25 Å². The van der Waals surface area contributed by atoms with E-state index in [-0.39, 0.29) is 0 Å². The molecule has 1 aromatic heterocycles. The smallest absolute Gasteiger partial charge is 0.188 e. The lowest BCUT2D eigenvalue weighted by Crippen LogP contribution is -2.05. The Morgan fingerprint density at radius 3 is 2.68 bits per heavy atom. The van der Waals surface area contributed by atoms with E-state index in [1.165, 1.54) is 16.9 Å². The van der Waals surface area contributed by atoms with Crippen molar-refractivity contribution in [2.45, 2.75) is 35.6 Å². The maximum atomic E-state index is 4.49. The van der Waals surface area contributed by atoms with Crippen LogP contribution in [0.1, 0.15) is 17.0 Å². The number of nitrogens with zero attached hydrogens (tertiary/aromatic N) is 2. The zero-order valence-electron chi connectivity index (χ0n) is 11.1. The van der Waals surface area contributed by atoms with Gasteiger partial charge in [0.1, 0.15) is 0 Å². The number of fused-ring (bicyclic) bond motifs is 1. The Bertz CT molecular complexity index is 553. The van der Waals surface area contributed by atoms with Crippen molar-refractivity contribution in [1.82, 2.24) is 9.97 Å². The van der Waals surface area contributed by atoms with Crippen LogP contribution in [0.5, 0.6) is 0 Å². The molecule has 1 aliphatic rings. The van der Waals surface area contributed by atoms with Crippen molar-refractivity contribution in [2.75, 3.05) is 5.75 Å². The number of hydrogen-bond donors (Lipinski definition) is 0. The molecule has 0 aliphatic carbocycles. The van der Waals surface area contributed by atoms with Gasteiger partial charge in [-0.2, -0.15) is 0 Å². The molecule has 2 nitrogen and oxygen atoms in total. The Morgan fingerprint density at radius 1 is 1.21 bits per heavy atom. The van der Waals surface area contributed by atoms with Crippen LogP contribution in [0.4, 0.5) is 0 Å². The summed E-state index contributed by atoms with van der Waals surface area (Å²) in [5, 5.41) is 1.56. The normalized spacial score (nSPS) is 17.5. The fourth-order valence-corrected chi connectivity index (χ4v) is 4.70. The summed E-state index contributed by atoms with van der Waals surface area (Å²) in [6, 6.07) is 10.7. The van der Waals surface area contributed by atoms with E-state index in [1.807, 2.05) is 31.7 Å². The van der Waals surface area contributed by atoms with Gasteiger partial charge in [0.25, 0.3) is 0 Å². The van der Waals surface area contributed by atoms with Gasteiger partial charge in [-0.05, 0) is 38.0 Å². The van der Waals surface area contributed by atoms with Crippen molar-refractivity contribution in [3.8, 4) is 0 Å². The molecule has 0 fully saturated rings. The van der Waals surface area contributed by atoms with E-state index < -0.39 is 0 Å². The van der Waals surface area contributed by atoms with E-state index in [1.54, 1.807) is 11.8 Å². The summed E-state index contributed by atoms with van der Waals surface area (Å²) in [6.07, 6.45) is 1.17. The van der Waals surface area contributed by atoms with Gasteiger partial charge in [0.05, 0.1) is 0 Å². The van der Waals surface area contributed by atoms with Crippen LogP contribution in [0.3, 0.4) is 0 Å². The topological polar surface area (TPSA) is 25.8 Å². The molecular weight excluding hydrogens is 272 g/mol. The highest BCUT2D eigenvalue weighted by molar-refractivity contribution is 8.03. The fourth-order valence-electron chi connectivity index (χ4n) is 2.27. The average Bonchev–Trinajstić information content (AvgIpc) is 2.78. The molecule has 0 spiro atoms. The molecule has 1 aliphatic heterocycles. The summed E-state index contributed by atoms with van der Waals surface area (Å²) in [4.78, 5) is 10.4. The van der Waals surface area contributed by atoms with Gasteiger partial charge in [0.2, 0.25) is 0 Å². The molecule has 0 saturated heterocycles. The lowest BCUT2D eigenvalue weighted by Gasteiger charge is -2.07. The van der Waals surface area contributed by atoms with Crippen LogP contribution < -0.4 is 0 Å². The molecule has 1 unspecified atom stereocenters. The third-order valence-electron chi connectivity index (χ3n) is 3.07. The van der Waals surface area contributed by atoms with Crippen LogP contribution in [0, 0.1) is 13.8 Å². The van der Waals surface area contributed by atoms with Gasteiger partial charge in [-0.3, -0.25) is 0 Å². The third kappa shape index (κ3) is 3.12. The fraction of sp³-hybridized carbons (Fsp3) is 0.333. The number of aromatic nitrogens is 2. The van der Waals surface area contributed by atoms with Crippen molar-refractivity contribution < 1.29 is 0 Å². The van der Waals surface area contributed by atoms with Gasteiger partial charge in [-0.25, -0.2) is 9.97 Å². The molecule has 0 radical (unpaired) electrons. The van der Waals surface area contributed by atoms with Crippen LogP contribution in [0.15, 0.2) is 40.4 Å². The zero-order chi connectivity index (χ0) is 13.2.